The largest absolute Gasteiger partial charge is 0.488 e. The smallest absolute Gasteiger partial charge is 0.259 e. The highest BCUT2D eigenvalue weighted by Gasteiger charge is 2.15. The zero-order chi connectivity index (χ0) is 19.1. The Morgan fingerprint density at radius 3 is 2.11 bits per heavy atom. The van der Waals surface area contributed by atoms with Gasteiger partial charge in [0.05, 0.1) is 5.56 Å². The lowest BCUT2D eigenvalue weighted by atomic mass is 10.0. The lowest BCUT2D eigenvalue weighted by molar-refractivity contribution is 0.102. The second kappa shape index (κ2) is 9.04. The quantitative estimate of drug-likeness (QED) is 0.592. The number of rotatable bonds is 7. The first-order valence-electron chi connectivity index (χ1n) is 9.40. The molecular weight excluding hydrogens is 334 g/mol. The van der Waals surface area contributed by atoms with E-state index in [1.807, 2.05) is 54.6 Å². The molecule has 3 aromatic rings. The maximum atomic E-state index is 13.0. The number of ether oxygens (including phenoxy) is 1. The molecule has 1 N–H and O–H groups in total. The summed E-state index contributed by atoms with van der Waals surface area (Å²) in [6, 6.07) is 23.5. The minimum absolute atomic E-state index is 0.144. The number of para-hydroxylation sites is 2. The van der Waals surface area contributed by atoms with Crippen LogP contribution in [0.4, 0.5) is 5.69 Å². The fraction of sp³-hybridized carbons (Fsp3) is 0.208. The average Bonchev–Trinajstić information content (AvgIpc) is 2.73. The fourth-order valence-electron chi connectivity index (χ4n) is 3.10. The molecule has 138 valence electrons. The highest BCUT2D eigenvalue weighted by molar-refractivity contribution is 6.07. The summed E-state index contributed by atoms with van der Waals surface area (Å²) in [5.41, 5.74) is 4.82. The van der Waals surface area contributed by atoms with E-state index in [2.05, 4.69) is 31.3 Å². The molecule has 0 spiro atoms. The first-order valence-corrected chi connectivity index (χ1v) is 9.40. The van der Waals surface area contributed by atoms with Gasteiger partial charge in [0, 0.05) is 5.69 Å². The Morgan fingerprint density at radius 2 is 1.44 bits per heavy atom. The molecule has 0 aliphatic heterocycles. The van der Waals surface area contributed by atoms with E-state index >= 15 is 0 Å². The highest BCUT2D eigenvalue weighted by Crippen LogP contribution is 2.26. The van der Waals surface area contributed by atoms with E-state index in [9.17, 15) is 4.79 Å². The second-order valence-electron chi connectivity index (χ2n) is 6.38. The topological polar surface area (TPSA) is 38.3 Å². The van der Waals surface area contributed by atoms with Crippen molar-refractivity contribution in [2.75, 3.05) is 5.32 Å². The van der Waals surface area contributed by atoms with Gasteiger partial charge >= 0.3 is 0 Å². The Kier molecular flexibility index (Phi) is 6.26. The number of hydrogen-bond acceptors (Lipinski definition) is 2. The maximum Gasteiger partial charge on any atom is 0.259 e. The summed E-state index contributed by atoms with van der Waals surface area (Å²) in [6.07, 6.45) is 1.74. The van der Waals surface area contributed by atoms with Crippen LogP contribution in [-0.4, -0.2) is 5.91 Å². The number of carbonyl (C=O) groups excluding carboxylic acids is 1. The van der Waals surface area contributed by atoms with Crippen molar-refractivity contribution in [3.63, 3.8) is 0 Å². The van der Waals surface area contributed by atoms with Crippen molar-refractivity contribution in [3.05, 3.63) is 95.1 Å². The SMILES string of the molecule is CCc1cccc(CC)c1NC(=O)c1ccccc1OCc1ccccc1. The molecule has 0 bridgehead atoms. The van der Waals surface area contributed by atoms with Crippen LogP contribution in [0.25, 0.3) is 0 Å². The van der Waals surface area contributed by atoms with Gasteiger partial charge in [0.1, 0.15) is 12.4 Å². The molecule has 0 atom stereocenters. The summed E-state index contributed by atoms with van der Waals surface area (Å²) < 4.78 is 5.93. The van der Waals surface area contributed by atoms with E-state index in [0.717, 1.165) is 35.2 Å². The Labute approximate surface area is 161 Å². The molecule has 0 aromatic heterocycles. The third-order valence-corrected chi connectivity index (χ3v) is 4.61. The second-order valence-corrected chi connectivity index (χ2v) is 6.38. The zero-order valence-electron chi connectivity index (χ0n) is 15.9. The van der Waals surface area contributed by atoms with E-state index in [-0.39, 0.29) is 5.91 Å². The molecule has 0 unspecified atom stereocenters. The Hall–Kier alpha value is -3.07. The molecular formula is C24H25NO2. The van der Waals surface area contributed by atoms with Crippen LogP contribution < -0.4 is 10.1 Å². The van der Waals surface area contributed by atoms with Gasteiger partial charge in [-0.15, -0.1) is 0 Å². The molecule has 0 radical (unpaired) electrons. The predicted octanol–water partition coefficient (Wildman–Crippen LogP) is 5.64. The van der Waals surface area contributed by atoms with E-state index in [1.54, 1.807) is 6.07 Å². The molecule has 0 saturated carbocycles. The van der Waals surface area contributed by atoms with Crippen LogP contribution in [0, 0.1) is 0 Å². The van der Waals surface area contributed by atoms with Crippen molar-refractivity contribution in [1.82, 2.24) is 0 Å². The molecule has 1 amide bonds. The standard InChI is InChI=1S/C24H25NO2/c1-3-19-13-10-14-20(4-2)23(19)25-24(26)21-15-8-9-16-22(21)27-17-18-11-6-5-7-12-18/h5-16H,3-4,17H2,1-2H3,(H,25,26). The highest BCUT2D eigenvalue weighted by atomic mass is 16.5. The van der Waals surface area contributed by atoms with Gasteiger partial charge in [-0.05, 0) is 41.7 Å². The number of amides is 1. The van der Waals surface area contributed by atoms with Gasteiger partial charge in [-0.25, -0.2) is 0 Å². The van der Waals surface area contributed by atoms with E-state index in [1.165, 1.54) is 0 Å². The van der Waals surface area contributed by atoms with Crippen molar-refractivity contribution in [3.8, 4) is 5.75 Å². The van der Waals surface area contributed by atoms with Crippen LogP contribution in [0.1, 0.15) is 40.9 Å². The lowest BCUT2D eigenvalue weighted by Gasteiger charge is -2.16. The summed E-state index contributed by atoms with van der Waals surface area (Å²) in [4.78, 5) is 13.0. The van der Waals surface area contributed by atoms with E-state index in [0.29, 0.717) is 17.9 Å². The number of carbonyl (C=O) groups is 1. The van der Waals surface area contributed by atoms with E-state index < -0.39 is 0 Å². The molecule has 0 fully saturated rings. The van der Waals surface area contributed by atoms with Gasteiger partial charge in [0.15, 0.2) is 0 Å². The first kappa shape index (κ1) is 18.7. The van der Waals surface area contributed by atoms with E-state index in [4.69, 9.17) is 4.74 Å². The monoisotopic (exact) mass is 359 g/mol. The van der Waals surface area contributed by atoms with Crippen molar-refractivity contribution >= 4 is 11.6 Å². The molecule has 3 heteroatoms. The van der Waals surface area contributed by atoms with Crippen molar-refractivity contribution in [2.45, 2.75) is 33.3 Å². The summed E-state index contributed by atoms with van der Waals surface area (Å²) >= 11 is 0. The average molecular weight is 359 g/mol. The third kappa shape index (κ3) is 4.56. The van der Waals surface area contributed by atoms with Crippen LogP contribution in [0.2, 0.25) is 0 Å². The number of benzene rings is 3. The minimum Gasteiger partial charge on any atom is -0.488 e. The van der Waals surface area contributed by atoms with Crippen LogP contribution in [0.15, 0.2) is 72.8 Å². The molecule has 3 aromatic carbocycles. The molecule has 27 heavy (non-hydrogen) atoms. The normalized spacial score (nSPS) is 10.4. The molecule has 0 aliphatic carbocycles. The zero-order valence-corrected chi connectivity index (χ0v) is 15.9. The molecule has 0 aliphatic rings. The minimum atomic E-state index is -0.144. The number of hydrogen-bond donors (Lipinski definition) is 1. The van der Waals surface area contributed by atoms with Gasteiger partial charge < -0.3 is 10.1 Å². The summed E-state index contributed by atoms with van der Waals surface area (Å²) in [7, 11) is 0. The lowest BCUT2D eigenvalue weighted by Crippen LogP contribution is -2.16. The van der Waals surface area contributed by atoms with Gasteiger partial charge in [-0.1, -0.05) is 74.5 Å². The summed E-state index contributed by atoms with van der Waals surface area (Å²) in [5, 5.41) is 3.12. The van der Waals surface area contributed by atoms with Crippen molar-refractivity contribution in [2.24, 2.45) is 0 Å². The molecule has 0 heterocycles. The van der Waals surface area contributed by atoms with Crippen LogP contribution in [0.5, 0.6) is 5.75 Å². The summed E-state index contributed by atoms with van der Waals surface area (Å²) in [6.45, 7) is 4.62. The van der Waals surface area contributed by atoms with Gasteiger partial charge in [0.25, 0.3) is 5.91 Å². The third-order valence-electron chi connectivity index (χ3n) is 4.61. The predicted molar refractivity (Wildman–Crippen MR) is 110 cm³/mol. The van der Waals surface area contributed by atoms with Gasteiger partial charge in [-0.3, -0.25) is 4.79 Å². The molecule has 3 rings (SSSR count). The van der Waals surface area contributed by atoms with Crippen LogP contribution >= 0.6 is 0 Å². The fourth-order valence-corrected chi connectivity index (χ4v) is 3.10. The number of nitrogens with one attached hydrogen (secondary N) is 1. The van der Waals surface area contributed by atoms with Gasteiger partial charge in [0.2, 0.25) is 0 Å². The Balaban J connectivity index is 1.82. The number of anilines is 1. The molecule has 0 saturated heterocycles. The van der Waals surface area contributed by atoms with Crippen molar-refractivity contribution < 1.29 is 9.53 Å². The molecule has 3 nitrogen and oxygen atoms in total. The first-order chi connectivity index (χ1) is 13.2. The maximum absolute atomic E-state index is 13.0. The Morgan fingerprint density at radius 1 is 0.815 bits per heavy atom. The number of aryl methyl sites for hydroxylation is 2. The summed E-state index contributed by atoms with van der Waals surface area (Å²) in [5.74, 6) is 0.445. The Bertz CT molecular complexity index is 881. The van der Waals surface area contributed by atoms with Crippen molar-refractivity contribution in [1.29, 1.82) is 0 Å². The van der Waals surface area contributed by atoms with Crippen LogP contribution in [-0.2, 0) is 19.4 Å². The van der Waals surface area contributed by atoms with Crippen LogP contribution in [0.3, 0.4) is 0 Å². The van der Waals surface area contributed by atoms with Gasteiger partial charge in [-0.2, -0.15) is 0 Å².